The third-order valence-electron chi connectivity index (χ3n) is 7.11. The zero-order chi connectivity index (χ0) is 23.8. The zero-order valence-electron chi connectivity index (χ0n) is 19.9. The van der Waals surface area contributed by atoms with Gasteiger partial charge in [-0.1, -0.05) is 51.9 Å². The molecule has 3 aliphatic rings. The number of aliphatic imine (C=N–C) groups is 1. The number of aromatic nitrogens is 1. The van der Waals surface area contributed by atoms with Gasteiger partial charge >= 0.3 is 0 Å². The lowest BCUT2D eigenvalue weighted by Gasteiger charge is -2.27. The van der Waals surface area contributed by atoms with E-state index in [4.69, 9.17) is 5.73 Å². The van der Waals surface area contributed by atoms with Gasteiger partial charge in [0.1, 0.15) is 6.04 Å². The second kappa shape index (κ2) is 12.1. The van der Waals surface area contributed by atoms with Crippen LogP contribution in [0.2, 0.25) is 0 Å². The van der Waals surface area contributed by atoms with E-state index in [0.29, 0.717) is 11.9 Å². The summed E-state index contributed by atoms with van der Waals surface area (Å²) in [4.78, 5) is 32.9. The molecule has 1 aromatic heterocycles. The Kier molecular flexibility index (Phi) is 9.21. The van der Waals surface area contributed by atoms with Gasteiger partial charge in [0.2, 0.25) is 0 Å². The van der Waals surface area contributed by atoms with Crippen molar-refractivity contribution in [2.75, 3.05) is 7.05 Å². The number of amides is 2. The van der Waals surface area contributed by atoms with Gasteiger partial charge < -0.3 is 11.1 Å². The molecule has 0 spiro atoms. The van der Waals surface area contributed by atoms with Crippen molar-refractivity contribution in [3.05, 3.63) is 29.8 Å². The van der Waals surface area contributed by atoms with Crippen molar-refractivity contribution in [1.29, 1.82) is 0 Å². The van der Waals surface area contributed by atoms with Gasteiger partial charge in [0.05, 0.1) is 11.8 Å². The van der Waals surface area contributed by atoms with Gasteiger partial charge in [-0.05, 0) is 43.6 Å². The van der Waals surface area contributed by atoms with Gasteiger partial charge in [-0.2, -0.15) is 0 Å². The van der Waals surface area contributed by atoms with Crippen molar-refractivity contribution < 1.29 is 14.0 Å². The number of carbonyl (C=O) groups is 2. The van der Waals surface area contributed by atoms with Crippen LogP contribution < -0.4 is 11.1 Å². The van der Waals surface area contributed by atoms with Gasteiger partial charge in [-0.25, -0.2) is 9.38 Å². The van der Waals surface area contributed by atoms with Crippen LogP contribution in [0, 0.1) is 17.7 Å². The Hall–Kier alpha value is -2.51. The van der Waals surface area contributed by atoms with Gasteiger partial charge in [0.25, 0.3) is 11.8 Å². The maximum atomic E-state index is 13.3. The summed E-state index contributed by atoms with van der Waals surface area (Å²) in [6.07, 6.45) is 15.6. The second-order valence-corrected chi connectivity index (χ2v) is 9.78. The molecular weight excluding hydrogens is 421 g/mol. The third-order valence-corrected chi connectivity index (χ3v) is 7.11. The molecule has 2 fully saturated rings. The molecule has 0 saturated heterocycles. The average molecular weight is 460 g/mol. The van der Waals surface area contributed by atoms with E-state index in [0.717, 1.165) is 44.2 Å². The van der Waals surface area contributed by atoms with Crippen LogP contribution >= 0.6 is 0 Å². The van der Waals surface area contributed by atoms with E-state index in [2.05, 4.69) is 22.2 Å². The molecule has 33 heavy (non-hydrogen) atoms. The van der Waals surface area contributed by atoms with Gasteiger partial charge in [0.15, 0.2) is 11.8 Å². The average Bonchev–Trinajstić information content (AvgIpc) is 3.05. The van der Waals surface area contributed by atoms with E-state index in [9.17, 15) is 14.0 Å². The summed E-state index contributed by atoms with van der Waals surface area (Å²) >= 11 is 0. The van der Waals surface area contributed by atoms with E-state index in [1.807, 2.05) is 0 Å². The highest BCUT2D eigenvalue weighted by Gasteiger charge is 2.30. The number of nitrogens with two attached hydrogens (primary N) is 1. The highest BCUT2D eigenvalue weighted by molar-refractivity contribution is 6.03. The lowest BCUT2D eigenvalue weighted by Crippen LogP contribution is -2.38. The van der Waals surface area contributed by atoms with E-state index >= 15 is 0 Å². The Morgan fingerprint density at radius 1 is 1.18 bits per heavy atom. The van der Waals surface area contributed by atoms with Crippen LogP contribution in [-0.2, 0) is 4.79 Å². The molecule has 2 aliphatic carbocycles. The van der Waals surface area contributed by atoms with Crippen molar-refractivity contribution in [3.63, 3.8) is 0 Å². The molecule has 0 bridgehead atoms. The Labute approximate surface area is 196 Å². The number of nitrogens with one attached hydrogen (secondary N) is 1. The lowest BCUT2D eigenvalue weighted by atomic mass is 9.85. The number of nitrogens with zero attached hydrogens (tertiary/aromatic N) is 3. The molecule has 1 aliphatic heterocycles. The highest BCUT2D eigenvalue weighted by atomic mass is 19.1. The summed E-state index contributed by atoms with van der Waals surface area (Å²) in [5, 5.41) is 2.90. The fourth-order valence-electron chi connectivity index (χ4n) is 5.08. The molecule has 4 rings (SSSR count). The van der Waals surface area contributed by atoms with Crippen molar-refractivity contribution in [1.82, 2.24) is 15.2 Å². The van der Waals surface area contributed by atoms with E-state index in [-0.39, 0.29) is 29.5 Å². The Morgan fingerprint density at radius 3 is 2.58 bits per heavy atom. The molecule has 2 saturated carbocycles. The maximum absolute atomic E-state index is 13.3. The minimum absolute atomic E-state index is 0.0632. The van der Waals surface area contributed by atoms with Gasteiger partial charge in [-0.3, -0.25) is 19.5 Å². The van der Waals surface area contributed by atoms with Crippen molar-refractivity contribution in [2.45, 2.75) is 89.6 Å². The normalized spacial score (nSPS) is 25.8. The molecule has 2 unspecified atom stereocenters. The van der Waals surface area contributed by atoms with Crippen LogP contribution in [0.5, 0.6) is 0 Å². The molecule has 2 heterocycles. The van der Waals surface area contributed by atoms with E-state index in [1.54, 1.807) is 7.05 Å². The van der Waals surface area contributed by atoms with E-state index < -0.39 is 5.82 Å². The van der Waals surface area contributed by atoms with Crippen LogP contribution in [0.15, 0.2) is 23.5 Å². The van der Waals surface area contributed by atoms with Gasteiger partial charge in [0, 0.05) is 19.3 Å². The summed E-state index contributed by atoms with van der Waals surface area (Å²) in [6.45, 7) is 2.19. The first-order valence-corrected chi connectivity index (χ1v) is 12.4. The molecule has 7 nitrogen and oxygen atoms in total. The minimum Gasteiger partial charge on any atom is -0.369 e. The van der Waals surface area contributed by atoms with E-state index in [1.165, 1.54) is 55.7 Å². The fraction of sp³-hybridized carbons (Fsp3) is 0.680. The number of hydrogen-bond donors (Lipinski definition) is 2. The standard InChI is InChI=1S/C13H17FN2O.C12H21N3O/c1-9-3-2-4-10(7-9)16-13(17)11-5-6-15-8-12(11)14;1-15-11(16)10(14-12(15)13)8-7-9-5-3-2-4-6-9/h5-6,8-10H,2-4,7H2,1H3,(H,16,17);9-10H,2-8H2,1H3,(H2,13,14)/t9?,10-;/m1./s1. The molecule has 182 valence electrons. The van der Waals surface area contributed by atoms with Crippen LogP contribution in [0.3, 0.4) is 0 Å². The molecular formula is C25H38FN5O2. The van der Waals surface area contributed by atoms with Crippen LogP contribution in [0.4, 0.5) is 4.39 Å². The van der Waals surface area contributed by atoms with Gasteiger partial charge in [-0.15, -0.1) is 0 Å². The summed E-state index contributed by atoms with van der Waals surface area (Å²) in [6, 6.07) is 1.39. The number of rotatable bonds is 5. The van der Waals surface area contributed by atoms with Crippen molar-refractivity contribution >= 4 is 17.8 Å². The number of carbonyl (C=O) groups excluding carboxylic acids is 2. The first-order chi connectivity index (χ1) is 15.8. The number of halogens is 1. The predicted molar refractivity (Wildman–Crippen MR) is 127 cm³/mol. The minimum atomic E-state index is -0.561. The summed E-state index contributed by atoms with van der Waals surface area (Å²) < 4.78 is 13.3. The SMILES string of the molecule is CC1CCC[C@@H](NC(=O)c2ccncc2F)C1.CN1C(=O)C(CCC2CCCCC2)N=C1N. The smallest absolute Gasteiger partial charge is 0.254 e. The molecule has 0 aromatic carbocycles. The monoisotopic (exact) mass is 459 g/mol. The fourth-order valence-corrected chi connectivity index (χ4v) is 5.08. The first-order valence-electron chi connectivity index (χ1n) is 12.4. The number of pyridine rings is 1. The Balaban J connectivity index is 0.000000186. The molecule has 8 heteroatoms. The van der Waals surface area contributed by atoms with Crippen molar-refractivity contribution in [2.24, 2.45) is 22.6 Å². The topological polar surface area (TPSA) is 101 Å². The maximum Gasteiger partial charge on any atom is 0.254 e. The van der Waals surface area contributed by atoms with Crippen LogP contribution in [-0.4, -0.2) is 46.8 Å². The van der Waals surface area contributed by atoms with Crippen LogP contribution in [0.25, 0.3) is 0 Å². The quantitative estimate of drug-likeness (QED) is 0.694. The predicted octanol–water partition coefficient (Wildman–Crippen LogP) is 4.03. The second-order valence-electron chi connectivity index (χ2n) is 9.78. The first kappa shape index (κ1) is 25.1. The summed E-state index contributed by atoms with van der Waals surface area (Å²) in [5.41, 5.74) is 5.70. The van der Waals surface area contributed by atoms with Crippen LogP contribution in [0.1, 0.15) is 87.9 Å². The number of likely N-dealkylation sites (N-methyl/N-ethyl adjacent to an activating group) is 1. The summed E-state index contributed by atoms with van der Waals surface area (Å²) in [5.74, 6) is 0.991. The Morgan fingerprint density at radius 2 is 1.94 bits per heavy atom. The lowest BCUT2D eigenvalue weighted by molar-refractivity contribution is -0.126. The highest BCUT2D eigenvalue weighted by Crippen LogP contribution is 2.29. The largest absolute Gasteiger partial charge is 0.369 e. The molecule has 3 atom stereocenters. The third kappa shape index (κ3) is 7.24. The zero-order valence-corrected chi connectivity index (χ0v) is 19.9. The molecule has 2 amide bonds. The molecule has 1 aromatic rings. The Bertz CT molecular complexity index is 840. The van der Waals surface area contributed by atoms with Crippen molar-refractivity contribution in [3.8, 4) is 0 Å². The summed E-state index contributed by atoms with van der Waals surface area (Å²) in [7, 11) is 1.70. The number of hydrogen-bond acceptors (Lipinski definition) is 5. The molecule has 0 radical (unpaired) electrons. The number of guanidine groups is 1. The molecule has 3 N–H and O–H groups in total.